The molecule has 0 spiro atoms. The summed E-state index contributed by atoms with van der Waals surface area (Å²) in [7, 11) is -4.00. The van der Waals surface area contributed by atoms with Crippen molar-refractivity contribution in [1.29, 1.82) is 0 Å². The van der Waals surface area contributed by atoms with Crippen molar-refractivity contribution >= 4 is 44.6 Å². The summed E-state index contributed by atoms with van der Waals surface area (Å²) in [5.74, 6) is -1.44. The number of halogens is 1. The molecule has 9 heteroatoms. The number of carboxylic acids is 1. The molecule has 0 saturated carbocycles. The average molecular weight is 348 g/mol. The number of benzene rings is 1. The maximum Gasteiger partial charge on any atom is 0.345 e. The highest BCUT2D eigenvalue weighted by atomic mass is 35.5. The third kappa shape index (κ3) is 3.29. The molecule has 112 valence electrons. The van der Waals surface area contributed by atoms with Gasteiger partial charge in [0.15, 0.2) is 0 Å². The minimum Gasteiger partial charge on any atom is -0.505 e. The number of aromatic hydroxyl groups is 1. The summed E-state index contributed by atoms with van der Waals surface area (Å²) in [5.41, 5.74) is 0.347. The zero-order valence-electron chi connectivity index (χ0n) is 10.6. The fourth-order valence-electron chi connectivity index (χ4n) is 1.59. The number of rotatable bonds is 4. The van der Waals surface area contributed by atoms with Gasteiger partial charge in [0.2, 0.25) is 0 Å². The van der Waals surface area contributed by atoms with E-state index in [1.165, 1.54) is 17.5 Å². The molecule has 0 amide bonds. The molecule has 1 heterocycles. The van der Waals surface area contributed by atoms with Gasteiger partial charge in [-0.3, -0.25) is 4.72 Å². The van der Waals surface area contributed by atoms with Crippen LogP contribution in [0.25, 0.3) is 0 Å². The lowest BCUT2D eigenvalue weighted by Gasteiger charge is -2.10. The molecule has 0 aliphatic rings. The molecule has 0 saturated heterocycles. The van der Waals surface area contributed by atoms with Crippen molar-refractivity contribution in [3.63, 3.8) is 0 Å². The lowest BCUT2D eigenvalue weighted by Crippen LogP contribution is -2.12. The SMILES string of the molecule is Cc1cc(Cl)cc(NS(=O)(=O)c2csc(C(=O)O)c2)c1O. The number of sulfonamides is 1. The van der Waals surface area contributed by atoms with Gasteiger partial charge in [-0.2, -0.15) is 0 Å². The van der Waals surface area contributed by atoms with Gasteiger partial charge < -0.3 is 10.2 Å². The zero-order chi connectivity index (χ0) is 15.8. The fraction of sp³-hybridized carbons (Fsp3) is 0.0833. The van der Waals surface area contributed by atoms with Crippen molar-refractivity contribution < 1.29 is 23.4 Å². The molecule has 21 heavy (non-hydrogen) atoms. The molecule has 0 unspecified atom stereocenters. The number of carboxylic acid groups (broad SMARTS) is 1. The predicted octanol–water partition coefficient (Wildman–Crippen LogP) is 2.91. The number of thiophene rings is 1. The van der Waals surface area contributed by atoms with Gasteiger partial charge in [-0.25, -0.2) is 13.2 Å². The number of hydrogen-bond donors (Lipinski definition) is 3. The Morgan fingerprint density at radius 2 is 2.00 bits per heavy atom. The topological polar surface area (TPSA) is 104 Å². The summed E-state index contributed by atoms with van der Waals surface area (Å²) in [6.07, 6.45) is 0. The van der Waals surface area contributed by atoms with Crippen LogP contribution in [0.15, 0.2) is 28.5 Å². The van der Waals surface area contributed by atoms with Crippen molar-refractivity contribution in [3.05, 3.63) is 39.0 Å². The minimum atomic E-state index is -4.00. The number of phenols is 1. The van der Waals surface area contributed by atoms with Crippen LogP contribution in [0, 0.1) is 6.92 Å². The van der Waals surface area contributed by atoms with E-state index in [-0.39, 0.29) is 26.2 Å². The zero-order valence-corrected chi connectivity index (χ0v) is 13.0. The van der Waals surface area contributed by atoms with Crippen LogP contribution in [0.4, 0.5) is 5.69 Å². The molecular formula is C12H10ClNO5S2. The Labute approximate surface area is 129 Å². The summed E-state index contributed by atoms with van der Waals surface area (Å²) >= 11 is 6.62. The molecule has 0 aliphatic carbocycles. The van der Waals surface area contributed by atoms with Gasteiger partial charge in [-0.1, -0.05) is 11.6 Å². The van der Waals surface area contributed by atoms with E-state index < -0.39 is 16.0 Å². The molecule has 2 aromatic rings. The van der Waals surface area contributed by atoms with Gasteiger partial charge >= 0.3 is 5.97 Å². The number of hydrogen-bond acceptors (Lipinski definition) is 5. The molecule has 0 radical (unpaired) electrons. The number of aryl methyl sites for hydroxylation is 1. The molecule has 0 fully saturated rings. The second-order valence-corrected chi connectivity index (χ2v) is 7.21. The van der Waals surface area contributed by atoms with E-state index in [0.717, 1.165) is 17.4 Å². The number of carbonyl (C=O) groups is 1. The molecule has 6 nitrogen and oxygen atoms in total. The van der Waals surface area contributed by atoms with Gasteiger partial charge in [0, 0.05) is 10.4 Å². The Balaban J connectivity index is 2.39. The smallest absolute Gasteiger partial charge is 0.345 e. The normalized spacial score (nSPS) is 11.3. The number of phenolic OH excluding ortho intramolecular Hbond substituents is 1. The maximum absolute atomic E-state index is 12.2. The molecule has 3 N–H and O–H groups in total. The van der Waals surface area contributed by atoms with E-state index in [1.807, 2.05) is 0 Å². The van der Waals surface area contributed by atoms with E-state index >= 15 is 0 Å². The van der Waals surface area contributed by atoms with Crippen LogP contribution < -0.4 is 4.72 Å². The van der Waals surface area contributed by atoms with Crippen LogP contribution in [0.5, 0.6) is 5.75 Å². The van der Waals surface area contributed by atoms with Gasteiger partial charge in [-0.05, 0) is 30.7 Å². The molecule has 0 aliphatic heterocycles. The maximum atomic E-state index is 12.2. The van der Waals surface area contributed by atoms with Gasteiger partial charge in [0.1, 0.15) is 10.6 Å². The predicted molar refractivity (Wildman–Crippen MR) is 79.9 cm³/mol. The molecule has 0 bridgehead atoms. The minimum absolute atomic E-state index is 0.0666. The molecular weight excluding hydrogens is 338 g/mol. The second-order valence-electron chi connectivity index (χ2n) is 4.18. The highest BCUT2D eigenvalue weighted by Crippen LogP contribution is 2.33. The van der Waals surface area contributed by atoms with Crippen molar-refractivity contribution in [2.45, 2.75) is 11.8 Å². The van der Waals surface area contributed by atoms with Crippen LogP contribution in [-0.2, 0) is 10.0 Å². The number of aromatic carboxylic acids is 1. The van der Waals surface area contributed by atoms with E-state index in [1.54, 1.807) is 6.92 Å². The van der Waals surface area contributed by atoms with E-state index in [9.17, 15) is 18.3 Å². The molecule has 2 rings (SSSR count). The summed E-state index contributed by atoms with van der Waals surface area (Å²) in [4.78, 5) is 10.5. The molecule has 1 aromatic heterocycles. The van der Waals surface area contributed by atoms with E-state index in [0.29, 0.717) is 5.56 Å². The van der Waals surface area contributed by atoms with Gasteiger partial charge in [-0.15, -0.1) is 11.3 Å². The summed E-state index contributed by atoms with van der Waals surface area (Å²) < 4.78 is 26.5. The average Bonchev–Trinajstić information content (AvgIpc) is 2.85. The van der Waals surface area contributed by atoms with Crippen molar-refractivity contribution in [3.8, 4) is 5.75 Å². The Morgan fingerprint density at radius 1 is 1.33 bits per heavy atom. The van der Waals surface area contributed by atoms with Crippen molar-refractivity contribution in [2.75, 3.05) is 4.72 Å². The summed E-state index contributed by atoms with van der Waals surface area (Å²) in [6, 6.07) is 3.80. The van der Waals surface area contributed by atoms with Gasteiger partial charge in [0.05, 0.1) is 10.6 Å². The monoisotopic (exact) mass is 347 g/mol. The highest BCUT2D eigenvalue weighted by Gasteiger charge is 2.20. The number of anilines is 1. The summed E-state index contributed by atoms with van der Waals surface area (Å²) in [6.45, 7) is 1.58. The first-order valence-corrected chi connectivity index (χ1v) is 8.28. The van der Waals surface area contributed by atoms with Crippen LogP contribution in [-0.4, -0.2) is 24.6 Å². The standard InChI is InChI=1S/C12H10ClNO5S2/c1-6-2-7(13)3-9(11(6)15)14-21(18,19)8-4-10(12(16)17)20-5-8/h2-5,14-15H,1H3,(H,16,17). The quantitative estimate of drug-likeness (QED) is 0.738. The summed E-state index contributed by atoms with van der Waals surface area (Å²) in [5, 5.41) is 20.1. The first-order chi connectivity index (χ1) is 9.70. The third-order valence-electron chi connectivity index (χ3n) is 2.61. The Hall–Kier alpha value is -1.77. The van der Waals surface area contributed by atoms with Crippen LogP contribution in [0.1, 0.15) is 15.2 Å². The molecule has 1 aromatic carbocycles. The number of nitrogens with one attached hydrogen (secondary N) is 1. The van der Waals surface area contributed by atoms with Crippen molar-refractivity contribution in [1.82, 2.24) is 0 Å². The first kappa shape index (κ1) is 15.6. The Kier molecular flexibility index (Phi) is 4.13. The Bertz CT molecular complexity index is 813. The van der Waals surface area contributed by atoms with Crippen LogP contribution >= 0.6 is 22.9 Å². The van der Waals surface area contributed by atoms with Crippen molar-refractivity contribution in [2.24, 2.45) is 0 Å². The van der Waals surface area contributed by atoms with E-state index in [4.69, 9.17) is 16.7 Å². The van der Waals surface area contributed by atoms with Crippen LogP contribution in [0.2, 0.25) is 5.02 Å². The molecule has 0 atom stereocenters. The highest BCUT2D eigenvalue weighted by molar-refractivity contribution is 7.92. The van der Waals surface area contributed by atoms with E-state index in [2.05, 4.69) is 4.72 Å². The fourth-order valence-corrected chi connectivity index (χ4v) is 4.03. The van der Waals surface area contributed by atoms with Gasteiger partial charge in [0.25, 0.3) is 10.0 Å². The second kappa shape index (κ2) is 5.55. The Morgan fingerprint density at radius 3 is 2.57 bits per heavy atom. The lowest BCUT2D eigenvalue weighted by atomic mass is 10.2. The first-order valence-electron chi connectivity index (χ1n) is 5.54. The van der Waals surface area contributed by atoms with Crippen LogP contribution in [0.3, 0.4) is 0 Å². The lowest BCUT2D eigenvalue weighted by molar-refractivity contribution is 0.0702. The largest absolute Gasteiger partial charge is 0.505 e. The third-order valence-corrected chi connectivity index (χ3v) is 5.24.